The molecule has 1 aromatic carbocycles. The van der Waals surface area contributed by atoms with E-state index in [0.717, 1.165) is 33.5 Å². The van der Waals surface area contributed by atoms with Crippen molar-refractivity contribution in [1.82, 2.24) is 9.97 Å². The van der Waals surface area contributed by atoms with Crippen molar-refractivity contribution in [2.24, 2.45) is 0 Å². The van der Waals surface area contributed by atoms with Crippen LogP contribution in [-0.4, -0.2) is 22.6 Å². The number of benzene rings is 1. The number of aromatic nitrogens is 2. The summed E-state index contributed by atoms with van der Waals surface area (Å²) in [5.41, 5.74) is 4.37. The van der Waals surface area contributed by atoms with Crippen molar-refractivity contribution in [1.29, 1.82) is 0 Å². The van der Waals surface area contributed by atoms with Gasteiger partial charge in [-0.2, -0.15) is 0 Å². The largest absolute Gasteiger partial charge is 0.377 e. The molecule has 2 heterocycles. The number of urea groups is 1. The molecule has 2 amide bonds. The minimum Gasteiger partial charge on any atom is -0.377 e. The number of fused-ring (bicyclic) bond motifs is 1. The molecular formula is C18H20N4O2. The number of anilines is 2. The Morgan fingerprint density at radius 2 is 2.00 bits per heavy atom. The van der Waals surface area contributed by atoms with E-state index in [9.17, 15) is 4.79 Å². The molecule has 0 fully saturated rings. The summed E-state index contributed by atoms with van der Waals surface area (Å²) < 4.78 is 5.36. The van der Waals surface area contributed by atoms with Gasteiger partial charge in [-0.15, -0.1) is 0 Å². The second-order valence-corrected chi connectivity index (χ2v) is 5.46. The topological polar surface area (TPSA) is 79.0 Å². The van der Waals surface area contributed by atoms with Crippen LogP contribution < -0.4 is 10.6 Å². The van der Waals surface area contributed by atoms with Gasteiger partial charge in [0.15, 0.2) is 0 Å². The second kappa shape index (κ2) is 7.14. The predicted molar refractivity (Wildman–Crippen MR) is 95.2 cm³/mol. The fourth-order valence-electron chi connectivity index (χ4n) is 2.51. The molecule has 2 aromatic heterocycles. The second-order valence-electron chi connectivity index (χ2n) is 5.46. The number of nitrogens with zero attached hydrogens (tertiary/aromatic N) is 1. The maximum Gasteiger partial charge on any atom is 0.323 e. The van der Waals surface area contributed by atoms with E-state index in [1.165, 1.54) is 0 Å². The van der Waals surface area contributed by atoms with Crippen molar-refractivity contribution in [2.75, 3.05) is 17.2 Å². The van der Waals surface area contributed by atoms with Gasteiger partial charge < -0.3 is 20.4 Å². The van der Waals surface area contributed by atoms with Crippen LogP contribution in [0.4, 0.5) is 16.2 Å². The first-order valence-electron chi connectivity index (χ1n) is 7.84. The third-order valence-corrected chi connectivity index (χ3v) is 3.71. The molecule has 124 valence electrons. The number of pyridine rings is 1. The Hall–Kier alpha value is -2.86. The Labute approximate surface area is 140 Å². The van der Waals surface area contributed by atoms with E-state index in [2.05, 4.69) is 20.6 Å². The molecule has 0 radical (unpaired) electrons. The molecule has 3 rings (SSSR count). The lowest BCUT2D eigenvalue weighted by Crippen LogP contribution is -2.19. The maximum atomic E-state index is 12.3. The van der Waals surface area contributed by atoms with E-state index in [-0.39, 0.29) is 6.03 Å². The number of H-pyrrole nitrogens is 1. The highest BCUT2D eigenvalue weighted by Gasteiger charge is 2.11. The van der Waals surface area contributed by atoms with Crippen LogP contribution in [-0.2, 0) is 11.3 Å². The summed E-state index contributed by atoms with van der Waals surface area (Å²) in [5, 5.41) is 6.60. The Morgan fingerprint density at radius 1 is 1.21 bits per heavy atom. The number of rotatable bonds is 5. The molecular weight excluding hydrogens is 304 g/mol. The molecule has 0 unspecified atom stereocenters. The van der Waals surface area contributed by atoms with Gasteiger partial charge in [-0.25, -0.2) is 4.79 Å². The van der Waals surface area contributed by atoms with Crippen molar-refractivity contribution in [3.8, 4) is 0 Å². The molecule has 6 heteroatoms. The van der Waals surface area contributed by atoms with Crippen LogP contribution in [0.25, 0.3) is 10.9 Å². The van der Waals surface area contributed by atoms with Crippen LogP contribution in [0.2, 0.25) is 0 Å². The van der Waals surface area contributed by atoms with E-state index < -0.39 is 0 Å². The fourth-order valence-corrected chi connectivity index (χ4v) is 2.51. The first kappa shape index (κ1) is 16.0. The average molecular weight is 324 g/mol. The highest BCUT2D eigenvalue weighted by Crippen LogP contribution is 2.26. The van der Waals surface area contributed by atoms with E-state index in [0.29, 0.717) is 13.2 Å². The quantitative estimate of drug-likeness (QED) is 0.662. The zero-order valence-corrected chi connectivity index (χ0v) is 13.7. The number of carbonyl (C=O) groups is 1. The summed E-state index contributed by atoms with van der Waals surface area (Å²) in [7, 11) is 0. The van der Waals surface area contributed by atoms with Gasteiger partial charge in [-0.1, -0.05) is 12.1 Å². The number of hydrogen-bond acceptors (Lipinski definition) is 3. The van der Waals surface area contributed by atoms with Gasteiger partial charge in [0, 0.05) is 35.8 Å². The van der Waals surface area contributed by atoms with Crippen LogP contribution in [0.15, 0.2) is 42.7 Å². The monoisotopic (exact) mass is 324 g/mol. The average Bonchev–Trinajstić information content (AvgIpc) is 2.90. The summed E-state index contributed by atoms with van der Waals surface area (Å²) in [4.78, 5) is 19.6. The van der Waals surface area contributed by atoms with Crippen molar-refractivity contribution < 1.29 is 9.53 Å². The van der Waals surface area contributed by atoms with Crippen molar-refractivity contribution in [3.63, 3.8) is 0 Å². The lowest BCUT2D eigenvalue weighted by molar-refractivity contribution is 0.134. The number of carbonyl (C=O) groups excluding carboxylic acids is 1. The molecule has 0 aliphatic rings. The van der Waals surface area contributed by atoms with Crippen LogP contribution in [0.3, 0.4) is 0 Å². The van der Waals surface area contributed by atoms with E-state index in [1.807, 2.05) is 44.2 Å². The van der Waals surface area contributed by atoms with E-state index in [1.54, 1.807) is 12.4 Å². The van der Waals surface area contributed by atoms with Gasteiger partial charge in [-0.3, -0.25) is 4.98 Å². The molecule has 0 saturated heterocycles. The summed E-state index contributed by atoms with van der Waals surface area (Å²) in [6, 6.07) is 9.18. The molecule has 0 atom stereocenters. The van der Waals surface area contributed by atoms with Crippen LogP contribution in [0.5, 0.6) is 0 Å². The lowest BCUT2D eigenvalue weighted by atomic mass is 10.2. The SMILES string of the molecule is CCOCc1ccc(NC(=O)Nc2c(C)[nH]c3ccncc23)cc1. The molecule has 3 aromatic rings. The Bertz CT molecular complexity index is 840. The Balaban J connectivity index is 1.68. The first-order chi connectivity index (χ1) is 11.7. The van der Waals surface area contributed by atoms with Gasteiger partial charge >= 0.3 is 6.03 Å². The van der Waals surface area contributed by atoms with E-state index in [4.69, 9.17) is 4.74 Å². The normalized spacial score (nSPS) is 10.8. The maximum absolute atomic E-state index is 12.3. The highest BCUT2D eigenvalue weighted by molar-refractivity contribution is 6.06. The van der Waals surface area contributed by atoms with Crippen LogP contribution >= 0.6 is 0 Å². The van der Waals surface area contributed by atoms with Gasteiger partial charge in [0.1, 0.15) is 0 Å². The first-order valence-corrected chi connectivity index (χ1v) is 7.84. The molecule has 3 N–H and O–H groups in total. The van der Waals surface area contributed by atoms with Crippen LogP contribution in [0, 0.1) is 6.92 Å². The number of aromatic amines is 1. The predicted octanol–water partition coefficient (Wildman–Crippen LogP) is 4.05. The number of aryl methyl sites for hydroxylation is 1. The van der Waals surface area contributed by atoms with Gasteiger partial charge in [0.05, 0.1) is 17.8 Å². The number of hydrogen-bond donors (Lipinski definition) is 3. The van der Waals surface area contributed by atoms with Gasteiger partial charge in [-0.05, 0) is 37.6 Å². The minimum atomic E-state index is -0.291. The van der Waals surface area contributed by atoms with Gasteiger partial charge in [0.25, 0.3) is 0 Å². The molecule has 0 aliphatic heterocycles. The van der Waals surface area contributed by atoms with Crippen molar-refractivity contribution in [3.05, 3.63) is 54.0 Å². The molecule has 0 aliphatic carbocycles. The summed E-state index contributed by atoms with van der Waals surface area (Å²) in [6.45, 7) is 5.13. The Morgan fingerprint density at radius 3 is 2.75 bits per heavy atom. The highest BCUT2D eigenvalue weighted by atomic mass is 16.5. The number of amides is 2. The zero-order chi connectivity index (χ0) is 16.9. The van der Waals surface area contributed by atoms with Gasteiger partial charge in [0.2, 0.25) is 0 Å². The van der Waals surface area contributed by atoms with Crippen molar-refractivity contribution in [2.45, 2.75) is 20.5 Å². The number of nitrogens with one attached hydrogen (secondary N) is 3. The standard InChI is InChI=1S/C18H20N4O2/c1-3-24-11-13-4-6-14(7-5-13)21-18(23)22-17-12(2)20-16-8-9-19-10-15(16)17/h4-10,20H,3,11H2,1-2H3,(H2,21,22,23). The summed E-state index contributed by atoms with van der Waals surface area (Å²) in [5.74, 6) is 0. The fraction of sp³-hybridized carbons (Fsp3) is 0.222. The molecule has 6 nitrogen and oxygen atoms in total. The van der Waals surface area contributed by atoms with E-state index >= 15 is 0 Å². The zero-order valence-electron chi connectivity index (χ0n) is 13.7. The summed E-state index contributed by atoms with van der Waals surface area (Å²) in [6.07, 6.45) is 3.45. The molecule has 0 spiro atoms. The minimum absolute atomic E-state index is 0.291. The van der Waals surface area contributed by atoms with Crippen LogP contribution in [0.1, 0.15) is 18.2 Å². The smallest absolute Gasteiger partial charge is 0.323 e. The summed E-state index contributed by atoms with van der Waals surface area (Å²) >= 11 is 0. The molecule has 0 saturated carbocycles. The molecule has 24 heavy (non-hydrogen) atoms. The number of ether oxygens (including phenoxy) is 1. The third-order valence-electron chi connectivity index (χ3n) is 3.71. The van der Waals surface area contributed by atoms with Crippen molar-refractivity contribution >= 4 is 28.3 Å². The molecule has 0 bridgehead atoms. The lowest BCUT2D eigenvalue weighted by Gasteiger charge is -2.09. The Kier molecular flexibility index (Phi) is 4.77. The third kappa shape index (κ3) is 3.55.